The second-order valence-corrected chi connectivity index (χ2v) is 4.02. The lowest BCUT2D eigenvalue weighted by Gasteiger charge is -2.21. The molecule has 2 heterocycles. The van der Waals surface area contributed by atoms with Crippen LogP contribution in [0, 0.1) is 0 Å². The topological polar surface area (TPSA) is 66.3 Å². The molecule has 0 aromatic carbocycles. The summed E-state index contributed by atoms with van der Waals surface area (Å²) >= 11 is 0. The van der Waals surface area contributed by atoms with Gasteiger partial charge in [0, 0.05) is 12.7 Å². The van der Waals surface area contributed by atoms with Crippen LogP contribution in [0.1, 0.15) is 23.1 Å². The Labute approximate surface area is 111 Å². The third-order valence-electron chi connectivity index (χ3n) is 2.74. The zero-order valence-corrected chi connectivity index (χ0v) is 10.7. The highest BCUT2D eigenvalue weighted by Gasteiger charge is 2.10. The maximum absolute atomic E-state index is 10.9. The maximum Gasteiger partial charge on any atom is 0.354 e. The molecule has 0 radical (unpaired) electrons. The van der Waals surface area contributed by atoms with Gasteiger partial charge in [-0.3, -0.25) is 4.98 Å². The molecule has 0 spiro atoms. The van der Waals surface area contributed by atoms with Gasteiger partial charge >= 0.3 is 5.97 Å². The number of pyridine rings is 2. The fourth-order valence-corrected chi connectivity index (χ4v) is 1.76. The minimum absolute atomic E-state index is 0.0528. The fourth-order valence-electron chi connectivity index (χ4n) is 1.76. The van der Waals surface area contributed by atoms with Crippen molar-refractivity contribution >= 4 is 11.8 Å². The second kappa shape index (κ2) is 5.95. The average Bonchev–Trinajstić information content (AvgIpc) is 2.46. The first-order chi connectivity index (χ1) is 9.20. The molecular weight excluding hydrogens is 242 g/mol. The van der Waals surface area contributed by atoms with Crippen LogP contribution in [0.25, 0.3) is 0 Å². The summed E-state index contributed by atoms with van der Waals surface area (Å²) in [6, 6.07) is 10.7. The van der Waals surface area contributed by atoms with Crippen LogP contribution in [0.4, 0.5) is 5.82 Å². The Kier molecular flexibility index (Phi) is 4.07. The maximum atomic E-state index is 10.9. The van der Waals surface area contributed by atoms with E-state index >= 15 is 0 Å². The number of rotatable bonds is 5. The Morgan fingerprint density at radius 2 is 2.11 bits per heavy atom. The van der Waals surface area contributed by atoms with Crippen molar-refractivity contribution in [2.75, 3.05) is 11.4 Å². The third kappa shape index (κ3) is 3.28. The van der Waals surface area contributed by atoms with E-state index in [2.05, 4.69) is 9.97 Å². The Morgan fingerprint density at radius 3 is 2.74 bits per heavy atom. The van der Waals surface area contributed by atoms with E-state index in [1.165, 1.54) is 6.07 Å². The number of carboxylic acid groups (broad SMARTS) is 1. The van der Waals surface area contributed by atoms with Crippen molar-refractivity contribution in [2.24, 2.45) is 0 Å². The molecule has 0 atom stereocenters. The minimum Gasteiger partial charge on any atom is -0.477 e. The van der Waals surface area contributed by atoms with Crippen molar-refractivity contribution in [1.29, 1.82) is 0 Å². The molecule has 0 bridgehead atoms. The molecular formula is C14H15N3O2. The van der Waals surface area contributed by atoms with Gasteiger partial charge in [-0.1, -0.05) is 12.1 Å². The lowest BCUT2D eigenvalue weighted by atomic mass is 10.3. The zero-order chi connectivity index (χ0) is 13.7. The highest BCUT2D eigenvalue weighted by Crippen LogP contribution is 2.14. The van der Waals surface area contributed by atoms with Crippen LogP contribution in [-0.2, 0) is 6.54 Å². The van der Waals surface area contributed by atoms with Gasteiger partial charge in [0.2, 0.25) is 0 Å². The SMILES string of the molecule is CCN(Cc1ccccn1)c1cccc(C(=O)O)n1. The first-order valence-corrected chi connectivity index (χ1v) is 6.06. The summed E-state index contributed by atoms with van der Waals surface area (Å²) in [7, 11) is 0. The molecule has 0 fully saturated rings. The van der Waals surface area contributed by atoms with Gasteiger partial charge in [-0.05, 0) is 31.2 Å². The van der Waals surface area contributed by atoms with Gasteiger partial charge in [0.1, 0.15) is 5.82 Å². The summed E-state index contributed by atoms with van der Waals surface area (Å²) in [4.78, 5) is 21.3. The van der Waals surface area contributed by atoms with Gasteiger partial charge in [-0.15, -0.1) is 0 Å². The van der Waals surface area contributed by atoms with E-state index < -0.39 is 5.97 Å². The van der Waals surface area contributed by atoms with Gasteiger partial charge in [0.25, 0.3) is 0 Å². The van der Waals surface area contributed by atoms with Gasteiger partial charge < -0.3 is 10.0 Å². The van der Waals surface area contributed by atoms with E-state index in [-0.39, 0.29) is 5.69 Å². The van der Waals surface area contributed by atoms with E-state index in [0.717, 1.165) is 12.2 Å². The highest BCUT2D eigenvalue weighted by atomic mass is 16.4. The molecule has 2 aromatic heterocycles. The first kappa shape index (κ1) is 13.0. The molecule has 0 aliphatic heterocycles. The smallest absolute Gasteiger partial charge is 0.354 e. The standard InChI is InChI=1S/C14H15N3O2/c1-2-17(10-11-6-3-4-9-15-11)13-8-5-7-12(16-13)14(18)19/h3-9H,2,10H2,1H3,(H,18,19). The predicted molar refractivity (Wildman–Crippen MR) is 72.2 cm³/mol. The number of aromatic nitrogens is 2. The molecule has 0 aliphatic rings. The fraction of sp³-hybridized carbons (Fsp3) is 0.214. The van der Waals surface area contributed by atoms with Crippen molar-refractivity contribution in [2.45, 2.75) is 13.5 Å². The highest BCUT2D eigenvalue weighted by molar-refractivity contribution is 5.85. The van der Waals surface area contributed by atoms with Crippen LogP contribution in [0.3, 0.4) is 0 Å². The molecule has 0 aliphatic carbocycles. The number of carbonyl (C=O) groups is 1. The Balaban J connectivity index is 2.22. The van der Waals surface area contributed by atoms with E-state index in [4.69, 9.17) is 5.11 Å². The molecule has 5 heteroatoms. The zero-order valence-electron chi connectivity index (χ0n) is 10.7. The van der Waals surface area contributed by atoms with Gasteiger partial charge in [-0.2, -0.15) is 0 Å². The Bertz CT molecular complexity index is 558. The van der Waals surface area contributed by atoms with E-state index in [9.17, 15) is 4.79 Å². The number of hydrogen-bond acceptors (Lipinski definition) is 4. The molecule has 19 heavy (non-hydrogen) atoms. The summed E-state index contributed by atoms with van der Waals surface area (Å²) in [5, 5.41) is 8.96. The Hall–Kier alpha value is -2.43. The molecule has 0 unspecified atom stereocenters. The summed E-state index contributed by atoms with van der Waals surface area (Å²) in [5.41, 5.74) is 0.976. The largest absolute Gasteiger partial charge is 0.477 e. The second-order valence-electron chi connectivity index (χ2n) is 4.02. The third-order valence-corrected chi connectivity index (χ3v) is 2.74. The number of anilines is 1. The molecule has 5 nitrogen and oxygen atoms in total. The van der Waals surface area contributed by atoms with Crippen LogP contribution in [0.5, 0.6) is 0 Å². The van der Waals surface area contributed by atoms with E-state index in [0.29, 0.717) is 12.4 Å². The molecule has 0 saturated carbocycles. The molecule has 98 valence electrons. The van der Waals surface area contributed by atoms with E-state index in [1.54, 1.807) is 18.3 Å². The Morgan fingerprint density at radius 1 is 1.26 bits per heavy atom. The van der Waals surface area contributed by atoms with Gasteiger partial charge in [-0.25, -0.2) is 9.78 Å². The van der Waals surface area contributed by atoms with Gasteiger partial charge in [0.05, 0.1) is 12.2 Å². The molecule has 0 amide bonds. The predicted octanol–water partition coefficient (Wildman–Crippen LogP) is 2.20. The van der Waals surface area contributed by atoms with Gasteiger partial charge in [0.15, 0.2) is 5.69 Å². The summed E-state index contributed by atoms with van der Waals surface area (Å²) in [5.74, 6) is -0.371. The van der Waals surface area contributed by atoms with Crippen molar-refractivity contribution in [3.05, 3.63) is 54.0 Å². The van der Waals surface area contributed by atoms with E-state index in [1.807, 2.05) is 30.0 Å². The lowest BCUT2D eigenvalue weighted by Crippen LogP contribution is -2.24. The molecule has 1 N–H and O–H groups in total. The normalized spacial score (nSPS) is 10.2. The lowest BCUT2D eigenvalue weighted by molar-refractivity contribution is 0.0690. The number of hydrogen-bond donors (Lipinski definition) is 1. The van der Waals surface area contributed by atoms with Crippen LogP contribution in [0.15, 0.2) is 42.6 Å². The van der Waals surface area contributed by atoms with Crippen molar-refractivity contribution < 1.29 is 9.90 Å². The average molecular weight is 257 g/mol. The number of nitrogens with zero attached hydrogens (tertiary/aromatic N) is 3. The number of carboxylic acids is 1. The van der Waals surface area contributed by atoms with Crippen molar-refractivity contribution in [3.8, 4) is 0 Å². The summed E-state index contributed by atoms with van der Waals surface area (Å²) < 4.78 is 0. The molecule has 0 saturated heterocycles. The van der Waals surface area contributed by atoms with Crippen molar-refractivity contribution in [3.63, 3.8) is 0 Å². The van der Waals surface area contributed by atoms with Crippen LogP contribution >= 0.6 is 0 Å². The summed E-state index contributed by atoms with van der Waals surface area (Å²) in [6.07, 6.45) is 1.74. The van der Waals surface area contributed by atoms with Crippen molar-refractivity contribution in [1.82, 2.24) is 9.97 Å². The minimum atomic E-state index is -1.02. The number of aromatic carboxylic acids is 1. The quantitative estimate of drug-likeness (QED) is 0.889. The molecule has 2 rings (SSSR count). The molecule has 2 aromatic rings. The summed E-state index contributed by atoms with van der Waals surface area (Å²) in [6.45, 7) is 3.33. The van der Waals surface area contributed by atoms with Crippen LogP contribution in [0.2, 0.25) is 0 Å². The first-order valence-electron chi connectivity index (χ1n) is 6.06. The monoisotopic (exact) mass is 257 g/mol. The van der Waals surface area contributed by atoms with Crippen LogP contribution < -0.4 is 4.90 Å². The van der Waals surface area contributed by atoms with Crippen LogP contribution in [-0.4, -0.2) is 27.6 Å².